The molecule has 0 saturated carbocycles. The number of hydrogen-bond acceptors (Lipinski definition) is 3. The largest absolute Gasteiger partial charge is 0.356 e. The van der Waals surface area contributed by atoms with Crippen LogP contribution in [0.15, 0.2) is 0 Å². The number of urea groups is 1. The third kappa shape index (κ3) is 3.31. The van der Waals surface area contributed by atoms with Crippen molar-refractivity contribution in [3.63, 3.8) is 0 Å². The number of hydrogen-bond donors (Lipinski definition) is 3. The van der Waals surface area contributed by atoms with Gasteiger partial charge in [0.25, 0.3) is 0 Å². The van der Waals surface area contributed by atoms with Crippen molar-refractivity contribution < 1.29 is 9.59 Å². The summed E-state index contributed by atoms with van der Waals surface area (Å²) in [5.74, 6) is 1.13. The fraction of sp³-hybridized carbons (Fsp3) is 0.833. The molecule has 3 N–H and O–H groups in total. The summed E-state index contributed by atoms with van der Waals surface area (Å²) < 4.78 is 0. The molecule has 18 heavy (non-hydrogen) atoms. The van der Waals surface area contributed by atoms with Crippen molar-refractivity contribution in [2.24, 2.45) is 0 Å². The average Bonchev–Trinajstić information content (AvgIpc) is 2.87. The van der Waals surface area contributed by atoms with E-state index in [1.165, 1.54) is 0 Å². The molecule has 2 heterocycles. The quantitative estimate of drug-likeness (QED) is 0.627. The van der Waals surface area contributed by atoms with Gasteiger partial charge in [0.1, 0.15) is 0 Å². The molecule has 6 heteroatoms. The average molecular weight is 271 g/mol. The number of fused-ring (bicyclic) bond motifs is 1. The van der Waals surface area contributed by atoms with Crippen LogP contribution in [0.4, 0.5) is 4.79 Å². The molecule has 2 aliphatic rings. The molecule has 2 fully saturated rings. The maximum atomic E-state index is 11.5. The van der Waals surface area contributed by atoms with Crippen molar-refractivity contribution in [1.29, 1.82) is 0 Å². The molecule has 2 rings (SSSR count). The molecule has 0 unspecified atom stereocenters. The molecule has 0 radical (unpaired) electrons. The van der Waals surface area contributed by atoms with Gasteiger partial charge in [-0.25, -0.2) is 4.79 Å². The zero-order valence-corrected chi connectivity index (χ0v) is 11.5. The topological polar surface area (TPSA) is 70.2 Å². The van der Waals surface area contributed by atoms with Crippen LogP contribution in [0.3, 0.4) is 0 Å². The van der Waals surface area contributed by atoms with Crippen molar-refractivity contribution in [1.82, 2.24) is 16.0 Å². The molecular formula is C12H21N3O2S. The Morgan fingerprint density at radius 2 is 2.33 bits per heavy atom. The minimum Gasteiger partial charge on any atom is -0.356 e. The summed E-state index contributed by atoms with van der Waals surface area (Å²) in [6, 6.07) is 0.485. The first kappa shape index (κ1) is 13.5. The monoisotopic (exact) mass is 271 g/mol. The molecule has 0 bridgehead atoms. The third-order valence-corrected chi connectivity index (χ3v) is 4.91. The second kappa shape index (κ2) is 6.31. The Kier molecular flexibility index (Phi) is 4.74. The van der Waals surface area contributed by atoms with Gasteiger partial charge in [0.05, 0.1) is 12.1 Å². The number of carbonyl (C=O) groups is 2. The Labute approximate surface area is 112 Å². The summed E-state index contributed by atoms with van der Waals surface area (Å²) in [6.07, 6.45) is 3.46. The summed E-state index contributed by atoms with van der Waals surface area (Å²) in [7, 11) is 0. The molecule has 0 aromatic heterocycles. The highest BCUT2D eigenvalue weighted by molar-refractivity contribution is 8.00. The van der Waals surface area contributed by atoms with Gasteiger partial charge in [-0.3, -0.25) is 4.79 Å². The summed E-state index contributed by atoms with van der Waals surface area (Å²) in [5.41, 5.74) is 0. The molecule has 0 aliphatic carbocycles. The third-order valence-electron chi connectivity index (χ3n) is 3.40. The van der Waals surface area contributed by atoms with Gasteiger partial charge < -0.3 is 16.0 Å². The van der Waals surface area contributed by atoms with E-state index in [0.29, 0.717) is 11.7 Å². The van der Waals surface area contributed by atoms with E-state index in [9.17, 15) is 9.59 Å². The zero-order chi connectivity index (χ0) is 13.0. The van der Waals surface area contributed by atoms with Crippen LogP contribution in [0, 0.1) is 0 Å². The fourth-order valence-electron chi connectivity index (χ4n) is 2.46. The van der Waals surface area contributed by atoms with Gasteiger partial charge in [-0.1, -0.05) is 6.92 Å². The summed E-state index contributed by atoms with van der Waals surface area (Å²) in [4.78, 5) is 22.7. The smallest absolute Gasteiger partial charge is 0.315 e. The molecule has 2 aliphatic heterocycles. The van der Waals surface area contributed by atoms with Crippen LogP contribution in [0.1, 0.15) is 32.6 Å². The maximum absolute atomic E-state index is 11.5. The van der Waals surface area contributed by atoms with E-state index in [1.807, 2.05) is 18.7 Å². The normalized spacial score (nSPS) is 29.6. The Balaban J connectivity index is 1.65. The van der Waals surface area contributed by atoms with E-state index in [1.54, 1.807) is 0 Å². The van der Waals surface area contributed by atoms with Gasteiger partial charge in [-0.15, -0.1) is 0 Å². The van der Waals surface area contributed by atoms with E-state index in [4.69, 9.17) is 0 Å². The van der Waals surface area contributed by atoms with Gasteiger partial charge in [0.2, 0.25) is 5.91 Å². The van der Waals surface area contributed by atoms with Gasteiger partial charge >= 0.3 is 6.03 Å². The van der Waals surface area contributed by atoms with Crippen LogP contribution >= 0.6 is 11.8 Å². The Morgan fingerprint density at radius 1 is 1.50 bits per heavy atom. The second-order valence-electron chi connectivity index (χ2n) is 4.86. The van der Waals surface area contributed by atoms with E-state index in [2.05, 4.69) is 16.0 Å². The van der Waals surface area contributed by atoms with E-state index >= 15 is 0 Å². The number of nitrogens with one attached hydrogen (secondary N) is 3. The first-order chi connectivity index (χ1) is 8.70. The fourth-order valence-corrected chi connectivity index (χ4v) is 4.00. The molecular weight excluding hydrogens is 250 g/mol. The zero-order valence-electron chi connectivity index (χ0n) is 10.7. The minimum atomic E-state index is -0.0454. The van der Waals surface area contributed by atoms with Crippen molar-refractivity contribution in [3.8, 4) is 0 Å². The molecule has 0 aromatic rings. The molecule has 0 spiro atoms. The van der Waals surface area contributed by atoms with Crippen molar-refractivity contribution in [2.45, 2.75) is 49.9 Å². The molecule has 102 valence electrons. The van der Waals surface area contributed by atoms with E-state index < -0.39 is 0 Å². The Bertz CT molecular complexity index is 324. The number of thioether (sulfide) groups is 1. The van der Waals surface area contributed by atoms with E-state index in [0.717, 1.165) is 31.6 Å². The molecule has 2 saturated heterocycles. The SMILES string of the molecule is CCCNC(=O)CCC[C@H]1SC[C@H]2NC(=O)N[C@H]21. The summed E-state index contributed by atoms with van der Waals surface area (Å²) in [6.45, 7) is 2.81. The maximum Gasteiger partial charge on any atom is 0.315 e. The standard InChI is InChI=1S/C12H21N3O2S/c1-2-6-13-10(16)5-3-4-9-11-8(7-18-9)14-12(17)15-11/h8-9,11H,2-7H2,1H3,(H,13,16)(H2,14,15,17)/t8-,9-,11-/m1/s1. The van der Waals surface area contributed by atoms with Gasteiger partial charge in [0.15, 0.2) is 0 Å². The highest BCUT2D eigenvalue weighted by Gasteiger charge is 2.42. The highest BCUT2D eigenvalue weighted by Crippen LogP contribution is 2.32. The Morgan fingerprint density at radius 3 is 3.11 bits per heavy atom. The van der Waals surface area contributed by atoms with Crippen LogP contribution in [0.2, 0.25) is 0 Å². The van der Waals surface area contributed by atoms with Crippen LogP contribution in [-0.2, 0) is 4.79 Å². The first-order valence-electron chi connectivity index (χ1n) is 6.66. The predicted octanol–water partition coefficient (Wildman–Crippen LogP) is 0.848. The van der Waals surface area contributed by atoms with Crippen molar-refractivity contribution in [3.05, 3.63) is 0 Å². The number of amides is 3. The molecule has 5 nitrogen and oxygen atoms in total. The second-order valence-corrected chi connectivity index (χ2v) is 6.14. The van der Waals surface area contributed by atoms with Gasteiger partial charge in [0, 0.05) is 24.0 Å². The first-order valence-corrected chi connectivity index (χ1v) is 7.71. The highest BCUT2D eigenvalue weighted by atomic mass is 32.2. The lowest BCUT2D eigenvalue weighted by atomic mass is 10.0. The Hall–Kier alpha value is -0.910. The summed E-state index contributed by atoms with van der Waals surface area (Å²) >= 11 is 1.90. The lowest BCUT2D eigenvalue weighted by molar-refractivity contribution is -0.121. The minimum absolute atomic E-state index is 0.0454. The van der Waals surface area contributed by atoms with Crippen LogP contribution in [0.5, 0.6) is 0 Å². The number of rotatable bonds is 6. The van der Waals surface area contributed by atoms with Crippen LogP contribution < -0.4 is 16.0 Å². The van der Waals surface area contributed by atoms with Crippen LogP contribution in [-0.4, -0.2) is 41.6 Å². The van der Waals surface area contributed by atoms with Crippen molar-refractivity contribution >= 4 is 23.7 Å². The number of carbonyl (C=O) groups excluding carboxylic acids is 2. The van der Waals surface area contributed by atoms with Gasteiger partial charge in [-0.05, 0) is 19.3 Å². The van der Waals surface area contributed by atoms with Crippen molar-refractivity contribution in [2.75, 3.05) is 12.3 Å². The summed E-state index contributed by atoms with van der Waals surface area (Å²) in [5, 5.41) is 9.22. The van der Waals surface area contributed by atoms with Gasteiger partial charge in [-0.2, -0.15) is 11.8 Å². The lowest BCUT2D eigenvalue weighted by Crippen LogP contribution is -2.37. The van der Waals surface area contributed by atoms with E-state index in [-0.39, 0.29) is 24.0 Å². The molecule has 0 aromatic carbocycles. The molecule has 3 atom stereocenters. The molecule has 3 amide bonds. The lowest BCUT2D eigenvalue weighted by Gasteiger charge is -2.16. The predicted molar refractivity (Wildman–Crippen MR) is 72.6 cm³/mol. The van der Waals surface area contributed by atoms with Crippen LogP contribution in [0.25, 0.3) is 0 Å².